The van der Waals surface area contributed by atoms with Gasteiger partial charge in [-0.15, -0.1) is 0 Å². The van der Waals surface area contributed by atoms with E-state index in [1.54, 1.807) is 38.0 Å². The van der Waals surface area contributed by atoms with Crippen LogP contribution in [0, 0.1) is 0 Å². The van der Waals surface area contributed by atoms with E-state index in [9.17, 15) is 14.4 Å². The molecule has 184 valence electrons. The number of anilines is 1. The van der Waals surface area contributed by atoms with Crippen molar-refractivity contribution in [2.75, 3.05) is 25.2 Å². The van der Waals surface area contributed by atoms with Gasteiger partial charge in [-0.2, -0.15) is 0 Å². The van der Waals surface area contributed by atoms with E-state index in [0.717, 1.165) is 22.6 Å². The molecule has 0 saturated carbocycles. The Morgan fingerprint density at radius 1 is 1.08 bits per heavy atom. The predicted molar refractivity (Wildman–Crippen MR) is 137 cm³/mol. The number of likely N-dealkylation sites (N-methyl/N-ethyl adjacent to an activating group) is 1. The number of carbonyl (C=O) groups is 2. The molecule has 1 aromatic heterocycles. The fourth-order valence-corrected chi connectivity index (χ4v) is 5.89. The third kappa shape index (κ3) is 3.58. The highest BCUT2D eigenvalue weighted by atomic mass is 32.1. The van der Waals surface area contributed by atoms with E-state index in [1.807, 2.05) is 43.3 Å². The summed E-state index contributed by atoms with van der Waals surface area (Å²) in [6.07, 6.45) is 0. The summed E-state index contributed by atoms with van der Waals surface area (Å²) in [4.78, 5) is 47.2. The number of ether oxygens (including phenoxy) is 2. The van der Waals surface area contributed by atoms with Gasteiger partial charge in [-0.1, -0.05) is 41.7 Å². The molecular weight excluding hydrogens is 478 g/mol. The van der Waals surface area contributed by atoms with Crippen molar-refractivity contribution in [3.05, 3.63) is 90.6 Å². The number of esters is 1. The summed E-state index contributed by atoms with van der Waals surface area (Å²) < 4.78 is 12.4. The minimum absolute atomic E-state index is 0.192. The van der Waals surface area contributed by atoms with Crippen LogP contribution in [0.4, 0.5) is 5.69 Å². The van der Waals surface area contributed by atoms with Crippen LogP contribution in [0.2, 0.25) is 0 Å². The number of allylic oxidation sites excluding steroid dienone is 1. The third-order valence-corrected chi connectivity index (χ3v) is 7.44. The number of hydrogen-bond acceptors (Lipinski definition) is 7. The highest BCUT2D eigenvalue weighted by Gasteiger charge is 2.36. The summed E-state index contributed by atoms with van der Waals surface area (Å²) in [6, 6.07) is 13.9. The lowest BCUT2D eigenvalue weighted by Crippen LogP contribution is -2.41. The smallest absolute Gasteiger partial charge is 0.338 e. The van der Waals surface area contributed by atoms with Crippen LogP contribution < -0.4 is 24.5 Å². The number of aromatic nitrogens is 1. The lowest BCUT2D eigenvalue weighted by Gasteiger charge is -2.24. The number of nitrogens with zero attached hydrogens (tertiary/aromatic N) is 3. The Morgan fingerprint density at radius 3 is 2.47 bits per heavy atom. The second-order valence-corrected chi connectivity index (χ2v) is 9.32. The van der Waals surface area contributed by atoms with Crippen molar-refractivity contribution in [3.63, 3.8) is 0 Å². The maximum Gasteiger partial charge on any atom is 0.338 e. The first-order chi connectivity index (χ1) is 17.4. The standard InChI is InChI=1S/C27H25N3O5S/c1-5-29-19-10-8-7-9-18(19)21(24(29)31)23-25(32)30-22(16-11-13-17(34-4)14-12-16)20(26(33)35-6-2)15(3)28-27(30)36-23/h7-14,22H,5-6H2,1-4H3/b23-21-. The molecule has 3 aromatic rings. The Kier molecular flexibility index (Phi) is 6.09. The number of para-hydroxylation sites is 1. The summed E-state index contributed by atoms with van der Waals surface area (Å²) >= 11 is 1.16. The molecule has 0 bridgehead atoms. The van der Waals surface area contributed by atoms with Crippen molar-refractivity contribution in [1.82, 2.24) is 4.57 Å². The fraction of sp³-hybridized carbons (Fsp3) is 0.259. The molecule has 9 heteroatoms. The number of thiazole rings is 1. The molecule has 0 spiro atoms. The molecule has 0 fully saturated rings. The van der Waals surface area contributed by atoms with Crippen molar-refractivity contribution < 1.29 is 19.1 Å². The minimum Gasteiger partial charge on any atom is -0.497 e. The molecule has 3 heterocycles. The van der Waals surface area contributed by atoms with E-state index in [4.69, 9.17) is 9.47 Å². The highest BCUT2D eigenvalue weighted by molar-refractivity contribution is 7.07. The van der Waals surface area contributed by atoms with Gasteiger partial charge in [-0.3, -0.25) is 14.2 Å². The Hall–Kier alpha value is -3.98. The Bertz CT molecular complexity index is 1600. The lowest BCUT2D eigenvalue weighted by molar-refractivity contribution is -0.139. The van der Waals surface area contributed by atoms with Crippen LogP contribution in [0.15, 0.2) is 69.6 Å². The zero-order valence-electron chi connectivity index (χ0n) is 20.4. The Morgan fingerprint density at radius 2 is 1.81 bits per heavy atom. The van der Waals surface area contributed by atoms with Crippen LogP contribution in [0.5, 0.6) is 5.75 Å². The van der Waals surface area contributed by atoms with Gasteiger partial charge in [-0.25, -0.2) is 9.79 Å². The van der Waals surface area contributed by atoms with Crippen molar-refractivity contribution in [1.29, 1.82) is 0 Å². The average Bonchev–Trinajstić information content (AvgIpc) is 3.35. The molecule has 5 rings (SSSR count). The summed E-state index contributed by atoms with van der Waals surface area (Å²) in [7, 11) is 1.57. The normalized spacial score (nSPS) is 18.1. The predicted octanol–water partition coefficient (Wildman–Crippen LogP) is 2.54. The molecule has 0 radical (unpaired) electrons. The molecule has 2 aliphatic heterocycles. The fourth-order valence-electron chi connectivity index (χ4n) is 4.76. The summed E-state index contributed by atoms with van der Waals surface area (Å²) in [5, 5.41) is 0. The lowest BCUT2D eigenvalue weighted by atomic mass is 9.96. The molecule has 1 atom stereocenters. The molecule has 36 heavy (non-hydrogen) atoms. The van der Waals surface area contributed by atoms with Gasteiger partial charge in [0.2, 0.25) is 0 Å². The van der Waals surface area contributed by atoms with E-state index >= 15 is 0 Å². The Labute approximate surface area is 211 Å². The van der Waals surface area contributed by atoms with Gasteiger partial charge in [0.1, 0.15) is 10.3 Å². The maximum absolute atomic E-state index is 14.0. The van der Waals surface area contributed by atoms with E-state index in [1.165, 1.54) is 4.57 Å². The number of benzene rings is 2. The van der Waals surface area contributed by atoms with Crippen molar-refractivity contribution in [2.45, 2.75) is 26.8 Å². The minimum atomic E-state index is -0.755. The summed E-state index contributed by atoms with van der Waals surface area (Å²) in [5.74, 6) is -0.0946. The zero-order valence-corrected chi connectivity index (χ0v) is 21.2. The van der Waals surface area contributed by atoms with Gasteiger partial charge in [0.15, 0.2) is 4.80 Å². The third-order valence-electron chi connectivity index (χ3n) is 6.39. The second kappa shape index (κ2) is 9.23. The molecule has 0 saturated heterocycles. The van der Waals surface area contributed by atoms with E-state index in [2.05, 4.69) is 4.99 Å². The highest BCUT2D eigenvalue weighted by Crippen LogP contribution is 2.35. The van der Waals surface area contributed by atoms with Crippen LogP contribution in [-0.4, -0.2) is 36.7 Å². The number of fused-ring (bicyclic) bond motifs is 2. The first-order valence-electron chi connectivity index (χ1n) is 11.7. The van der Waals surface area contributed by atoms with Crippen LogP contribution in [-0.2, 0) is 14.3 Å². The van der Waals surface area contributed by atoms with Gasteiger partial charge in [0, 0.05) is 12.1 Å². The van der Waals surface area contributed by atoms with Gasteiger partial charge >= 0.3 is 5.97 Å². The van der Waals surface area contributed by atoms with Crippen molar-refractivity contribution >= 4 is 34.5 Å². The van der Waals surface area contributed by atoms with E-state index < -0.39 is 12.0 Å². The van der Waals surface area contributed by atoms with Crippen molar-refractivity contribution in [2.24, 2.45) is 4.99 Å². The van der Waals surface area contributed by atoms with Crippen molar-refractivity contribution in [3.8, 4) is 5.75 Å². The SMILES string of the molecule is CCOC(=O)C1=C(C)N=c2s/c(=C3\C(=O)N(CC)c4ccccc43)c(=O)n2C1c1ccc(OC)cc1. The average molecular weight is 504 g/mol. The van der Waals surface area contributed by atoms with Crippen LogP contribution in [0.1, 0.15) is 37.9 Å². The number of rotatable bonds is 5. The van der Waals surface area contributed by atoms with Crippen LogP contribution in [0.25, 0.3) is 5.57 Å². The first kappa shape index (κ1) is 23.7. The number of hydrogen-bond donors (Lipinski definition) is 0. The monoisotopic (exact) mass is 503 g/mol. The molecule has 8 nitrogen and oxygen atoms in total. The topological polar surface area (TPSA) is 90.2 Å². The largest absolute Gasteiger partial charge is 0.497 e. The molecule has 1 amide bonds. The second-order valence-electron chi connectivity index (χ2n) is 8.34. The molecular formula is C27H25N3O5S. The molecule has 0 N–H and O–H groups in total. The number of carbonyl (C=O) groups excluding carboxylic acids is 2. The first-order valence-corrected chi connectivity index (χ1v) is 12.5. The molecule has 1 unspecified atom stereocenters. The zero-order chi connectivity index (χ0) is 25.6. The van der Waals surface area contributed by atoms with Gasteiger partial charge in [0.05, 0.1) is 42.3 Å². The maximum atomic E-state index is 14.0. The molecule has 2 aromatic carbocycles. The van der Waals surface area contributed by atoms with Crippen LogP contribution >= 0.6 is 11.3 Å². The Balaban J connectivity index is 1.81. The van der Waals surface area contributed by atoms with E-state index in [-0.39, 0.29) is 18.1 Å². The summed E-state index contributed by atoms with van der Waals surface area (Å²) in [6.45, 7) is 6.04. The van der Waals surface area contributed by atoms with Gasteiger partial charge < -0.3 is 14.4 Å². The quantitative estimate of drug-likeness (QED) is 0.499. The molecule has 0 aliphatic carbocycles. The summed E-state index contributed by atoms with van der Waals surface area (Å²) in [5.41, 5.74) is 2.96. The van der Waals surface area contributed by atoms with Crippen LogP contribution in [0.3, 0.4) is 0 Å². The van der Waals surface area contributed by atoms with Gasteiger partial charge in [0.25, 0.3) is 11.5 Å². The number of methoxy groups -OCH3 is 1. The molecule has 2 aliphatic rings. The van der Waals surface area contributed by atoms with E-state index in [0.29, 0.717) is 44.0 Å². The van der Waals surface area contributed by atoms with Gasteiger partial charge in [-0.05, 0) is 44.5 Å². The number of amides is 1.